The Morgan fingerprint density at radius 3 is 2.58 bits per heavy atom. The summed E-state index contributed by atoms with van der Waals surface area (Å²) in [4.78, 5) is 0. The first-order valence-corrected chi connectivity index (χ1v) is 6.04. The molecule has 1 aliphatic rings. The highest BCUT2D eigenvalue weighted by Gasteiger charge is 2.35. The number of methoxy groups -OCH3 is 1. The van der Waals surface area contributed by atoms with Gasteiger partial charge in [-0.1, -0.05) is 0 Å². The van der Waals surface area contributed by atoms with Crippen molar-refractivity contribution in [3.63, 3.8) is 0 Å². The molecule has 1 fully saturated rings. The minimum Gasteiger partial charge on any atom is -0.383 e. The van der Waals surface area contributed by atoms with Crippen LogP contribution in [0.15, 0.2) is 18.2 Å². The van der Waals surface area contributed by atoms with E-state index in [-0.39, 0.29) is 11.7 Å². The zero-order valence-electron chi connectivity index (χ0n) is 10.4. The number of alkyl halides is 3. The molecule has 1 atom stereocenters. The topological polar surface area (TPSA) is 21.3 Å². The lowest BCUT2D eigenvalue weighted by atomic mass is 10.1. The molecule has 19 heavy (non-hydrogen) atoms. The molecule has 0 spiro atoms. The Bertz CT molecular complexity index is 443. The van der Waals surface area contributed by atoms with Crippen molar-refractivity contribution in [1.82, 2.24) is 0 Å². The van der Waals surface area contributed by atoms with Crippen molar-refractivity contribution in [3.8, 4) is 0 Å². The number of nitrogens with one attached hydrogen (secondary N) is 1. The van der Waals surface area contributed by atoms with Crippen LogP contribution in [-0.2, 0) is 10.9 Å². The Morgan fingerprint density at radius 2 is 2.05 bits per heavy atom. The van der Waals surface area contributed by atoms with E-state index < -0.39 is 17.6 Å². The van der Waals surface area contributed by atoms with Gasteiger partial charge in [0.1, 0.15) is 5.82 Å². The van der Waals surface area contributed by atoms with Gasteiger partial charge in [-0.15, -0.1) is 0 Å². The van der Waals surface area contributed by atoms with Gasteiger partial charge in [-0.3, -0.25) is 0 Å². The van der Waals surface area contributed by atoms with Gasteiger partial charge in [0.25, 0.3) is 0 Å². The first-order chi connectivity index (χ1) is 8.91. The third kappa shape index (κ3) is 3.59. The van der Waals surface area contributed by atoms with Crippen LogP contribution in [0.3, 0.4) is 0 Å². The van der Waals surface area contributed by atoms with Crippen molar-refractivity contribution in [2.45, 2.75) is 25.1 Å². The number of ether oxygens (including phenoxy) is 1. The van der Waals surface area contributed by atoms with Crippen molar-refractivity contribution in [1.29, 1.82) is 0 Å². The Hall–Kier alpha value is -1.30. The van der Waals surface area contributed by atoms with Crippen LogP contribution in [0, 0.1) is 11.7 Å². The lowest BCUT2D eigenvalue weighted by molar-refractivity contribution is -0.139. The number of hydrogen-bond acceptors (Lipinski definition) is 2. The molecule has 1 N–H and O–H groups in total. The number of anilines is 1. The predicted octanol–water partition coefficient (Wildman–Crippen LogP) is 3.68. The maximum atomic E-state index is 13.1. The second kappa shape index (κ2) is 5.36. The van der Waals surface area contributed by atoms with Crippen LogP contribution in [0.25, 0.3) is 0 Å². The molecule has 0 aromatic heterocycles. The minimum absolute atomic E-state index is 0.0310. The lowest BCUT2D eigenvalue weighted by Gasteiger charge is -2.19. The van der Waals surface area contributed by atoms with Crippen LogP contribution in [0.4, 0.5) is 23.2 Å². The molecule has 0 amide bonds. The van der Waals surface area contributed by atoms with Crippen LogP contribution in [-0.4, -0.2) is 19.8 Å². The first kappa shape index (κ1) is 14.1. The zero-order chi connectivity index (χ0) is 14.0. The van der Waals surface area contributed by atoms with E-state index in [2.05, 4.69) is 5.32 Å². The van der Waals surface area contributed by atoms with Gasteiger partial charge >= 0.3 is 6.18 Å². The van der Waals surface area contributed by atoms with E-state index in [9.17, 15) is 17.6 Å². The third-order valence-corrected chi connectivity index (χ3v) is 3.16. The molecule has 2 nitrogen and oxygen atoms in total. The van der Waals surface area contributed by atoms with E-state index in [1.165, 1.54) is 6.07 Å². The predicted molar refractivity (Wildman–Crippen MR) is 63.4 cm³/mol. The van der Waals surface area contributed by atoms with E-state index in [1.54, 1.807) is 7.11 Å². The number of halogens is 4. The molecular weight excluding hydrogens is 262 g/mol. The Morgan fingerprint density at radius 1 is 1.37 bits per heavy atom. The van der Waals surface area contributed by atoms with E-state index in [0.717, 1.165) is 25.0 Å². The molecule has 2 rings (SSSR count). The molecule has 1 aliphatic carbocycles. The fourth-order valence-corrected chi connectivity index (χ4v) is 2.02. The number of rotatable bonds is 5. The Labute approximate surface area is 108 Å². The zero-order valence-corrected chi connectivity index (χ0v) is 10.4. The molecule has 1 aromatic carbocycles. The van der Waals surface area contributed by atoms with E-state index >= 15 is 0 Å². The highest BCUT2D eigenvalue weighted by Crippen LogP contribution is 2.36. The van der Waals surface area contributed by atoms with Gasteiger partial charge < -0.3 is 10.1 Å². The first-order valence-electron chi connectivity index (χ1n) is 6.04. The van der Waals surface area contributed by atoms with Crippen LogP contribution in [0.5, 0.6) is 0 Å². The molecular formula is C13H15F4NO. The largest absolute Gasteiger partial charge is 0.419 e. The monoisotopic (exact) mass is 277 g/mol. The lowest BCUT2D eigenvalue weighted by Crippen LogP contribution is -2.27. The highest BCUT2D eigenvalue weighted by atomic mass is 19.4. The SMILES string of the molecule is COCC(Nc1ccc(F)c(C(F)(F)F)c1)C1CC1. The molecule has 1 saturated carbocycles. The second-order valence-electron chi connectivity index (χ2n) is 4.74. The molecule has 106 valence electrons. The van der Waals surface area contributed by atoms with Crippen molar-refractivity contribution in [2.75, 3.05) is 19.0 Å². The molecule has 0 aliphatic heterocycles. The van der Waals surface area contributed by atoms with E-state index in [4.69, 9.17) is 4.74 Å². The summed E-state index contributed by atoms with van der Waals surface area (Å²) in [5.74, 6) is -0.841. The van der Waals surface area contributed by atoms with Crippen LogP contribution >= 0.6 is 0 Å². The quantitative estimate of drug-likeness (QED) is 0.829. The molecule has 1 unspecified atom stereocenters. The third-order valence-electron chi connectivity index (χ3n) is 3.16. The second-order valence-corrected chi connectivity index (χ2v) is 4.74. The molecule has 0 heterocycles. The summed E-state index contributed by atoms with van der Waals surface area (Å²) < 4.78 is 56.0. The smallest absolute Gasteiger partial charge is 0.383 e. The van der Waals surface area contributed by atoms with Gasteiger partial charge in [-0.2, -0.15) is 13.2 Å². The molecule has 0 radical (unpaired) electrons. The molecule has 6 heteroatoms. The fraction of sp³-hybridized carbons (Fsp3) is 0.538. The standard InChI is InChI=1S/C13H15F4NO/c1-19-7-12(8-2-3-8)18-9-4-5-11(14)10(6-9)13(15,16)17/h4-6,8,12,18H,2-3,7H2,1H3. The van der Waals surface area contributed by atoms with Gasteiger partial charge in [-0.25, -0.2) is 4.39 Å². The minimum atomic E-state index is -4.68. The Kier molecular flexibility index (Phi) is 3.99. The summed E-state index contributed by atoms with van der Waals surface area (Å²) >= 11 is 0. The number of hydrogen-bond donors (Lipinski definition) is 1. The summed E-state index contributed by atoms with van der Waals surface area (Å²) in [5.41, 5.74) is -0.980. The average Bonchev–Trinajstić information content (AvgIpc) is 3.13. The van der Waals surface area contributed by atoms with E-state index in [0.29, 0.717) is 12.5 Å². The summed E-state index contributed by atoms with van der Waals surface area (Å²) in [6.45, 7) is 0.420. The van der Waals surface area contributed by atoms with Gasteiger partial charge in [0.2, 0.25) is 0 Å². The van der Waals surface area contributed by atoms with Gasteiger partial charge in [-0.05, 0) is 37.0 Å². The van der Waals surface area contributed by atoms with Crippen molar-refractivity contribution < 1.29 is 22.3 Å². The van der Waals surface area contributed by atoms with E-state index in [1.807, 2.05) is 0 Å². The summed E-state index contributed by atoms with van der Waals surface area (Å²) in [6, 6.07) is 2.93. The summed E-state index contributed by atoms with van der Waals surface area (Å²) in [6.07, 6.45) is -2.61. The number of benzene rings is 1. The summed E-state index contributed by atoms with van der Waals surface area (Å²) in [7, 11) is 1.54. The van der Waals surface area contributed by atoms with Crippen LogP contribution in [0.2, 0.25) is 0 Å². The Balaban J connectivity index is 2.16. The van der Waals surface area contributed by atoms with Crippen LogP contribution < -0.4 is 5.32 Å². The molecule has 0 saturated heterocycles. The van der Waals surface area contributed by atoms with Crippen molar-refractivity contribution in [2.24, 2.45) is 5.92 Å². The maximum absolute atomic E-state index is 13.1. The fourth-order valence-electron chi connectivity index (χ4n) is 2.02. The van der Waals surface area contributed by atoms with Crippen molar-refractivity contribution >= 4 is 5.69 Å². The summed E-state index contributed by atoms with van der Waals surface area (Å²) in [5, 5.41) is 2.99. The molecule has 0 bridgehead atoms. The van der Waals surface area contributed by atoms with Gasteiger partial charge in [0, 0.05) is 12.8 Å². The average molecular weight is 277 g/mol. The van der Waals surface area contributed by atoms with Crippen molar-refractivity contribution in [3.05, 3.63) is 29.6 Å². The van der Waals surface area contributed by atoms with Gasteiger partial charge in [0.05, 0.1) is 18.2 Å². The van der Waals surface area contributed by atoms with Crippen LogP contribution in [0.1, 0.15) is 18.4 Å². The maximum Gasteiger partial charge on any atom is 0.419 e. The van der Waals surface area contributed by atoms with Gasteiger partial charge in [0.15, 0.2) is 0 Å². The normalized spacial score (nSPS) is 17.3. The highest BCUT2D eigenvalue weighted by molar-refractivity contribution is 5.48. The molecule has 1 aromatic rings.